The predicted octanol–water partition coefficient (Wildman–Crippen LogP) is 3.08. The number of aliphatic carboxylic acids is 1. The molecular weight excluding hydrogens is 400 g/mol. The van der Waals surface area contributed by atoms with Crippen molar-refractivity contribution in [1.82, 2.24) is 9.97 Å². The number of nitrogens with zero attached hydrogens (tertiary/aromatic N) is 3. The minimum absolute atomic E-state index is 0.0718. The molecule has 2 heterocycles. The average Bonchev–Trinajstić information content (AvgIpc) is 2.94. The first-order valence-corrected chi connectivity index (χ1v) is 9.60. The lowest BCUT2D eigenvalue weighted by molar-refractivity contribution is -0.138. The molecule has 0 fully saturated rings. The summed E-state index contributed by atoms with van der Waals surface area (Å²) in [7, 11) is 0. The number of aromatic nitrogens is 2. The zero-order chi connectivity index (χ0) is 22.0. The van der Waals surface area contributed by atoms with Gasteiger partial charge < -0.3 is 25.2 Å². The topological polar surface area (TPSA) is 128 Å². The molecule has 0 bridgehead atoms. The van der Waals surface area contributed by atoms with Crippen molar-refractivity contribution in [3.8, 4) is 17.4 Å². The van der Waals surface area contributed by atoms with E-state index in [1.54, 1.807) is 60.4 Å². The van der Waals surface area contributed by atoms with Crippen LogP contribution in [-0.4, -0.2) is 40.1 Å². The summed E-state index contributed by atoms with van der Waals surface area (Å²) in [5.41, 5.74) is 7.37. The number of nitrogen functional groups attached to an aromatic ring is 1. The smallest absolute Gasteiger partial charge is 0.310 e. The molecule has 158 valence electrons. The molecule has 3 N–H and O–H groups in total. The van der Waals surface area contributed by atoms with Gasteiger partial charge in [0.2, 0.25) is 5.88 Å². The molecule has 3 aromatic rings. The summed E-state index contributed by atoms with van der Waals surface area (Å²) >= 11 is 0. The first-order chi connectivity index (χ1) is 14.9. The number of anilines is 2. The number of carboxylic acid groups (broad SMARTS) is 1. The van der Waals surface area contributed by atoms with E-state index < -0.39 is 11.9 Å². The molecule has 1 aliphatic heterocycles. The van der Waals surface area contributed by atoms with Crippen LogP contribution in [0.15, 0.2) is 54.9 Å². The number of amides is 1. The van der Waals surface area contributed by atoms with Gasteiger partial charge in [0.1, 0.15) is 35.8 Å². The van der Waals surface area contributed by atoms with Gasteiger partial charge in [0, 0.05) is 5.69 Å². The van der Waals surface area contributed by atoms with Crippen LogP contribution >= 0.6 is 0 Å². The highest BCUT2D eigenvalue weighted by molar-refractivity contribution is 6.10. The van der Waals surface area contributed by atoms with Crippen molar-refractivity contribution in [3.05, 3.63) is 66.0 Å². The Morgan fingerprint density at radius 3 is 2.42 bits per heavy atom. The van der Waals surface area contributed by atoms with Crippen LogP contribution in [0, 0.1) is 0 Å². The molecule has 4 rings (SSSR count). The lowest BCUT2D eigenvalue weighted by atomic mass is 10.0. The van der Waals surface area contributed by atoms with Gasteiger partial charge >= 0.3 is 5.97 Å². The fourth-order valence-corrected chi connectivity index (χ4v) is 3.21. The van der Waals surface area contributed by atoms with Crippen LogP contribution in [-0.2, 0) is 4.79 Å². The van der Waals surface area contributed by atoms with Crippen LogP contribution < -0.4 is 20.1 Å². The Morgan fingerprint density at radius 1 is 1.13 bits per heavy atom. The molecule has 1 amide bonds. The number of hydrogen-bond donors (Lipinski definition) is 2. The number of carbonyl (C=O) groups excluding carboxylic acids is 1. The van der Waals surface area contributed by atoms with E-state index in [2.05, 4.69) is 9.97 Å². The lowest BCUT2D eigenvalue weighted by Crippen LogP contribution is -2.32. The van der Waals surface area contributed by atoms with E-state index in [1.807, 2.05) is 0 Å². The monoisotopic (exact) mass is 420 g/mol. The molecule has 1 unspecified atom stereocenters. The van der Waals surface area contributed by atoms with Gasteiger partial charge in [0.15, 0.2) is 0 Å². The van der Waals surface area contributed by atoms with Crippen molar-refractivity contribution in [2.75, 3.05) is 23.8 Å². The van der Waals surface area contributed by atoms with Gasteiger partial charge in [0.25, 0.3) is 5.91 Å². The second-order valence-corrected chi connectivity index (χ2v) is 6.97. The molecule has 1 atom stereocenters. The zero-order valence-electron chi connectivity index (χ0n) is 16.7. The summed E-state index contributed by atoms with van der Waals surface area (Å²) in [4.78, 5) is 33.5. The van der Waals surface area contributed by atoms with Crippen LogP contribution in [0.4, 0.5) is 11.5 Å². The zero-order valence-corrected chi connectivity index (χ0v) is 16.7. The highest BCUT2D eigenvalue weighted by atomic mass is 16.5. The van der Waals surface area contributed by atoms with Crippen molar-refractivity contribution in [2.45, 2.75) is 12.8 Å². The van der Waals surface area contributed by atoms with Gasteiger partial charge in [-0.1, -0.05) is 12.1 Å². The summed E-state index contributed by atoms with van der Waals surface area (Å²) in [6.07, 6.45) is 1.26. The van der Waals surface area contributed by atoms with Crippen LogP contribution in [0.5, 0.6) is 17.4 Å². The molecular formula is C22H20N4O5. The Bertz CT molecular complexity index is 1120. The van der Waals surface area contributed by atoms with Crippen molar-refractivity contribution in [1.29, 1.82) is 0 Å². The van der Waals surface area contributed by atoms with Gasteiger partial charge in [-0.2, -0.15) is 0 Å². The number of rotatable bonds is 5. The molecule has 0 spiro atoms. The lowest BCUT2D eigenvalue weighted by Gasteiger charge is -2.20. The normalized spacial score (nSPS) is 14.2. The fourth-order valence-electron chi connectivity index (χ4n) is 3.21. The molecule has 0 aliphatic carbocycles. The largest absolute Gasteiger partial charge is 0.481 e. The molecule has 9 heteroatoms. The number of hydrogen-bond acceptors (Lipinski definition) is 7. The van der Waals surface area contributed by atoms with Gasteiger partial charge in [-0.25, -0.2) is 9.97 Å². The van der Waals surface area contributed by atoms with Crippen molar-refractivity contribution in [2.24, 2.45) is 0 Å². The van der Waals surface area contributed by atoms with E-state index in [4.69, 9.17) is 20.3 Å². The van der Waals surface area contributed by atoms with Crippen LogP contribution in [0.25, 0.3) is 0 Å². The third-order valence-electron chi connectivity index (χ3n) is 4.99. The summed E-state index contributed by atoms with van der Waals surface area (Å²) in [6, 6.07) is 13.9. The number of nitrogens with two attached hydrogens (primary N) is 1. The van der Waals surface area contributed by atoms with Gasteiger partial charge in [-0.3, -0.25) is 9.59 Å². The van der Waals surface area contributed by atoms with Gasteiger partial charge in [0.05, 0.1) is 12.5 Å². The summed E-state index contributed by atoms with van der Waals surface area (Å²) < 4.78 is 11.4. The Kier molecular flexibility index (Phi) is 5.40. The first-order valence-electron chi connectivity index (χ1n) is 9.60. The fraction of sp³-hybridized carbons (Fsp3) is 0.182. The van der Waals surface area contributed by atoms with Crippen LogP contribution in [0.1, 0.15) is 28.8 Å². The predicted molar refractivity (Wildman–Crippen MR) is 113 cm³/mol. The standard InChI is InChI=1S/C22H20N4O5/c1-13(22(28)29)14-2-6-16(7-3-14)31-17-8-4-15(5-9-17)26-10-11-30-20-18(21(26)27)19(23)24-12-25-20/h2-9,12-13H,10-11H2,1H3,(H,28,29)(H2,23,24,25). The maximum absolute atomic E-state index is 13.0. The van der Waals surface area contributed by atoms with E-state index in [9.17, 15) is 9.59 Å². The number of carboxylic acids is 1. The molecule has 1 aromatic heterocycles. The number of fused-ring (bicyclic) bond motifs is 1. The van der Waals surface area contributed by atoms with Crippen molar-refractivity contribution >= 4 is 23.4 Å². The average molecular weight is 420 g/mol. The molecule has 1 aliphatic rings. The number of carbonyl (C=O) groups is 2. The van der Waals surface area contributed by atoms with Crippen LogP contribution in [0.2, 0.25) is 0 Å². The Balaban J connectivity index is 1.50. The van der Waals surface area contributed by atoms with Gasteiger partial charge in [-0.15, -0.1) is 0 Å². The van der Waals surface area contributed by atoms with Crippen molar-refractivity contribution < 1.29 is 24.2 Å². The Hall–Kier alpha value is -4.14. The molecule has 0 saturated carbocycles. The third-order valence-corrected chi connectivity index (χ3v) is 4.99. The molecule has 0 saturated heterocycles. The maximum atomic E-state index is 13.0. The quantitative estimate of drug-likeness (QED) is 0.644. The van der Waals surface area contributed by atoms with E-state index in [0.717, 1.165) is 0 Å². The molecule has 0 radical (unpaired) electrons. The summed E-state index contributed by atoms with van der Waals surface area (Å²) in [5.74, 6) is -0.399. The highest BCUT2D eigenvalue weighted by Gasteiger charge is 2.28. The molecule has 2 aromatic carbocycles. The second-order valence-electron chi connectivity index (χ2n) is 6.97. The maximum Gasteiger partial charge on any atom is 0.310 e. The molecule has 31 heavy (non-hydrogen) atoms. The number of benzene rings is 2. The minimum atomic E-state index is -0.881. The summed E-state index contributed by atoms with van der Waals surface area (Å²) in [5, 5.41) is 9.10. The Labute approximate surface area is 178 Å². The van der Waals surface area contributed by atoms with E-state index in [0.29, 0.717) is 29.3 Å². The minimum Gasteiger partial charge on any atom is -0.481 e. The van der Waals surface area contributed by atoms with E-state index >= 15 is 0 Å². The highest BCUT2D eigenvalue weighted by Crippen LogP contribution is 2.30. The SMILES string of the molecule is CC(C(=O)O)c1ccc(Oc2ccc(N3CCOc4ncnc(N)c4C3=O)cc2)cc1. The Morgan fingerprint density at radius 2 is 1.77 bits per heavy atom. The second kappa shape index (κ2) is 8.31. The van der Waals surface area contributed by atoms with Crippen LogP contribution in [0.3, 0.4) is 0 Å². The summed E-state index contributed by atoms with van der Waals surface area (Å²) in [6.45, 7) is 2.23. The van der Waals surface area contributed by atoms with Crippen molar-refractivity contribution in [3.63, 3.8) is 0 Å². The van der Waals surface area contributed by atoms with Gasteiger partial charge in [-0.05, 0) is 48.9 Å². The molecule has 9 nitrogen and oxygen atoms in total. The third kappa shape index (κ3) is 4.11. The first kappa shape index (κ1) is 20.1. The van der Waals surface area contributed by atoms with E-state index in [-0.39, 0.29) is 29.8 Å². The number of ether oxygens (including phenoxy) is 2. The van der Waals surface area contributed by atoms with E-state index in [1.165, 1.54) is 6.33 Å².